The van der Waals surface area contributed by atoms with Crippen molar-refractivity contribution in [2.75, 3.05) is 51.8 Å². The van der Waals surface area contributed by atoms with Gasteiger partial charge in [0.25, 0.3) is 5.69 Å². The molecule has 31 heavy (non-hydrogen) atoms. The molecule has 0 radical (unpaired) electrons. The Bertz CT molecular complexity index is 1080. The van der Waals surface area contributed by atoms with Crippen molar-refractivity contribution in [2.45, 2.75) is 11.3 Å². The Balaban J connectivity index is 1.61. The van der Waals surface area contributed by atoms with Gasteiger partial charge in [0.2, 0.25) is 10.0 Å². The molecule has 2 aliphatic rings. The van der Waals surface area contributed by atoms with Gasteiger partial charge in [0.15, 0.2) is 11.5 Å². The average Bonchev–Trinajstić information content (AvgIpc) is 2.99. The summed E-state index contributed by atoms with van der Waals surface area (Å²) >= 11 is 0. The Morgan fingerprint density at radius 1 is 1.00 bits per heavy atom. The Morgan fingerprint density at radius 3 is 2.42 bits per heavy atom. The number of likely N-dealkylation sites (N-methyl/N-ethyl adjacent to an activating group) is 1. The number of hydrogen-bond donors (Lipinski definition) is 1. The van der Waals surface area contributed by atoms with Crippen molar-refractivity contribution in [1.29, 1.82) is 0 Å². The standard InChI is InChI=1S/C20H24N4O6S/c1-22-7-9-23(10-8-22)31(27,28)16-4-5-17(18(14-16)24(25)26)21-15-3-6-19-20(13-15)30-12-2-11-29-19/h3-6,13-14,21H,2,7-12H2,1H3. The van der Waals surface area contributed by atoms with Crippen molar-refractivity contribution < 1.29 is 22.8 Å². The van der Waals surface area contributed by atoms with E-state index in [-0.39, 0.29) is 16.3 Å². The molecule has 11 heteroatoms. The lowest BCUT2D eigenvalue weighted by molar-refractivity contribution is -0.384. The Labute approximate surface area is 180 Å². The molecule has 0 bridgehead atoms. The molecule has 1 fully saturated rings. The first-order chi connectivity index (χ1) is 14.8. The van der Waals surface area contributed by atoms with Crippen LogP contribution in [0, 0.1) is 10.1 Å². The van der Waals surface area contributed by atoms with E-state index >= 15 is 0 Å². The molecule has 1 N–H and O–H groups in total. The number of sulfonamides is 1. The van der Waals surface area contributed by atoms with Gasteiger partial charge in [0.1, 0.15) is 5.69 Å². The van der Waals surface area contributed by atoms with Crippen molar-refractivity contribution in [3.63, 3.8) is 0 Å². The van der Waals surface area contributed by atoms with Gasteiger partial charge in [-0.2, -0.15) is 4.31 Å². The van der Waals surface area contributed by atoms with Gasteiger partial charge >= 0.3 is 0 Å². The summed E-state index contributed by atoms with van der Waals surface area (Å²) in [5, 5.41) is 14.7. The second kappa shape index (κ2) is 8.69. The zero-order valence-electron chi connectivity index (χ0n) is 17.1. The smallest absolute Gasteiger partial charge is 0.294 e. The predicted molar refractivity (Wildman–Crippen MR) is 115 cm³/mol. The van der Waals surface area contributed by atoms with Crippen LogP contribution >= 0.6 is 0 Å². The quantitative estimate of drug-likeness (QED) is 0.548. The van der Waals surface area contributed by atoms with Gasteiger partial charge in [0.05, 0.1) is 23.0 Å². The van der Waals surface area contributed by atoms with Crippen LogP contribution in [0.25, 0.3) is 0 Å². The second-order valence-electron chi connectivity index (χ2n) is 7.48. The first-order valence-electron chi connectivity index (χ1n) is 9.98. The number of nitro benzene ring substituents is 1. The summed E-state index contributed by atoms with van der Waals surface area (Å²) in [6.07, 6.45) is 0.770. The van der Waals surface area contributed by atoms with Gasteiger partial charge in [-0.1, -0.05) is 0 Å². The monoisotopic (exact) mass is 448 g/mol. The number of nitrogens with zero attached hydrogens (tertiary/aromatic N) is 3. The predicted octanol–water partition coefficient (Wildman–Crippen LogP) is 2.44. The molecule has 0 aromatic heterocycles. The SMILES string of the molecule is CN1CCN(S(=O)(=O)c2ccc(Nc3ccc4c(c3)OCCCO4)c([N+](=O)[O-])c2)CC1. The van der Waals surface area contributed by atoms with Gasteiger partial charge in [-0.05, 0) is 31.3 Å². The Morgan fingerprint density at radius 2 is 1.71 bits per heavy atom. The van der Waals surface area contributed by atoms with Crippen LogP contribution in [0.15, 0.2) is 41.3 Å². The molecule has 0 saturated carbocycles. The molecule has 0 aliphatic carbocycles. The van der Waals surface area contributed by atoms with Crippen molar-refractivity contribution in [1.82, 2.24) is 9.21 Å². The third kappa shape index (κ3) is 4.58. The number of fused-ring (bicyclic) bond motifs is 1. The molecule has 10 nitrogen and oxygen atoms in total. The number of nitrogens with one attached hydrogen (secondary N) is 1. The van der Waals surface area contributed by atoms with Gasteiger partial charge in [0, 0.05) is 50.4 Å². The lowest BCUT2D eigenvalue weighted by Crippen LogP contribution is -2.47. The first kappa shape index (κ1) is 21.3. The second-order valence-corrected chi connectivity index (χ2v) is 9.42. The third-order valence-corrected chi connectivity index (χ3v) is 7.19. The highest BCUT2D eigenvalue weighted by Crippen LogP contribution is 2.36. The fourth-order valence-electron chi connectivity index (χ4n) is 3.50. The Hall–Kier alpha value is -2.89. The van der Waals surface area contributed by atoms with Gasteiger partial charge < -0.3 is 19.7 Å². The minimum Gasteiger partial charge on any atom is -0.490 e. The summed E-state index contributed by atoms with van der Waals surface area (Å²) in [6, 6.07) is 9.10. The summed E-state index contributed by atoms with van der Waals surface area (Å²) in [6.45, 7) is 3.02. The number of benzene rings is 2. The van der Waals surface area contributed by atoms with E-state index < -0.39 is 14.9 Å². The van der Waals surface area contributed by atoms with E-state index in [1.807, 2.05) is 11.9 Å². The molecule has 0 atom stereocenters. The largest absolute Gasteiger partial charge is 0.490 e. The van der Waals surface area contributed by atoms with Gasteiger partial charge in [-0.25, -0.2) is 8.42 Å². The van der Waals surface area contributed by atoms with Crippen molar-refractivity contribution in [3.05, 3.63) is 46.5 Å². The molecular formula is C20H24N4O6S. The molecule has 2 heterocycles. The van der Waals surface area contributed by atoms with Crippen LogP contribution in [0.2, 0.25) is 0 Å². The molecule has 4 rings (SSSR count). The number of piperazine rings is 1. The Kier molecular flexibility index (Phi) is 5.99. The van der Waals surface area contributed by atoms with E-state index in [4.69, 9.17) is 9.47 Å². The van der Waals surface area contributed by atoms with E-state index in [0.29, 0.717) is 56.6 Å². The van der Waals surface area contributed by atoms with Crippen molar-refractivity contribution in [3.8, 4) is 11.5 Å². The van der Waals surface area contributed by atoms with E-state index in [9.17, 15) is 18.5 Å². The minimum absolute atomic E-state index is 0.0898. The van der Waals surface area contributed by atoms with Crippen LogP contribution in [0.4, 0.5) is 17.1 Å². The van der Waals surface area contributed by atoms with Crippen molar-refractivity contribution in [2.24, 2.45) is 0 Å². The highest BCUT2D eigenvalue weighted by molar-refractivity contribution is 7.89. The molecule has 0 spiro atoms. The van der Waals surface area contributed by atoms with Crippen LogP contribution in [-0.2, 0) is 10.0 Å². The topological polar surface area (TPSA) is 114 Å². The van der Waals surface area contributed by atoms with E-state index in [0.717, 1.165) is 12.5 Å². The highest BCUT2D eigenvalue weighted by atomic mass is 32.2. The average molecular weight is 449 g/mol. The zero-order valence-corrected chi connectivity index (χ0v) is 17.9. The van der Waals surface area contributed by atoms with E-state index in [1.165, 1.54) is 16.4 Å². The maximum absolute atomic E-state index is 13.0. The normalized spacial score (nSPS) is 17.7. The van der Waals surface area contributed by atoms with Crippen LogP contribution in [0.3, 0.4) is 0 Å². The molecule has 0 unspecified atom stereocenters. The molecular weight excluding hydrogens is 424 g/mol. The van der Waals surface area contributed by atoms with E-state index in [2.05, 4.69) is 5.32 Å². The summed E-state index contributed by atoms with van der Waals surface area (Å²) in [5.74, 6) is 1.17. The summed E-state index contributed by atoms with van der Waals surface area (Å²) < 4.78 is 38.5. The summed E-state index contributed by atoms with van der Waals surface area (Å²) in [4.78, 5) is 13.1. The minimum atomic E-state index is -3.81. The first-order valence-corrected chi connectivity index (χ1v) is 11.4. The third-order valence-electron chi connectivity index (χ3n) is 5.29. The number of rotatable bonds is 5. The number of anilines is 2. The summed E-state index contributed by atoms with van der Waals surface area (Å²) in [5.41, 5.74) is 0.446. The maximum atomic E-state index is 13.0. The van der Waals surface area contributed by atoms with E-state index in [1.54, 1.807) is 18.2 Å². The number of ether oxygens (including phenoxy) is 2. The number of nitro groups is 1. The van der Waals surface area contributed by atoms with Gasteiger partial charge in [-0.15, -0.1) is 0 Å². The maximum Gasteiger partial charge on any atom is 0.294 e. The van der Waals surface area contributed by atoms with Crippen LogP contribution in [0.1, 0.15) is 6.42 Å². The van der Waals surface area contributed by atoms with Gasteiger partial charge in [-0.3, -0.25) is 10.1 Å². The summed E-state index contributed by atoms with van der Waals surface area (Å²) in [7, 11) is -1.88. The van der Waals surface area contributed by atoms with Crippen LogP contribution < -0.4 is 14.8 Å². The fourth-order valence-corrected chi connectivity index (χ4v) is 4.95. The molecule has 2 aliphatic heterocycles. The molecule has 2 aromatic rings. The lowest BCUT2D eigenvalue weighted by Gasteiger charge is -2.31. The van der Waals surface area contributed by atoms with Crippen molar-refractivity contribution >= 4 is 27.1 Å². The molecule has 2 aromatic carbocycles. The molecule has 166 valence electrons. The van der Waals surface area contributed by atoms with Crippen LogP contribution in [0.5, 0.6) is 11.5 Å². The fraction of sp³-hybridized carbons (Fsp3) is 0.400. The molecule has 1 saturated heterocycles. The lowest BCUT2D eigenvalue weighted by atomic mass is 10.2. The number of hydrogen-bond acceptors (Lipinski definition) is 8. The molecule has 0 amide bonds. The van der Waals surface area contributed by atoms with Crippen LogP contribution in [-0.4, -0.2) is 69.0 Å². The highest BCUT2D eigenvalue weighted by Gasteiger charge is 2.29. The zero-order chi connectivity index (χ0) is 22.0.